The maximum Gasteiger partial charge on any atom is 0.252 e. The van der Waals surface area contributed by atoms with E-state index in [1.807, 2.05) is 25.1 Å². The lowest BCUT2D eigenvalue weighted by Crippen LogP contribution is -2.32. The first-order valence-electron chi connectivity index (χ1n) is 9.76. The smallest absolute Gasteiger partial charge is 0.252 e. The van der Waals surface area contributed by atoms with Gasteiger partial charge in [0.2, 0.25) is 10.0 Å². The van der Waals surface area contributed by atoms with Crippen LogP contribution in [-0.4, -0.2) is 17.7 Å². The molecule has 0 saturated heterocycles. The van der Waals surface area contributed by atoms with Crippen LogP contribution in [0.1, 0.15) is 16.7 Å². The highest BCUT2D eigenvalue weighted by Gasteiger charge is 2.26. The van der Waals surface area contributed by atoms with Gasteiger partial charge in [0.25, 0.3) is 5.56 Å². The summed E-state index contributed by atoms with van der Waals surface area (Å²) in [6.07, 6.45) is 0. The molecule has 0 amide bonds. The van der Waals surface area contributed by atoms with Crippen molar-refractivity contribution in [3.63, 3.8) is 0 Å². The third kappa shape index (κ3) is 4.42. The molecule has 7 heteroatoms. The van der Waals surface area contributed by atoms with E-state index in [4.69, 9.17) is 0 Å². The Hall–Kier alpha value is -3.29. The van der Waals surface area contributed by atoms with E-state index in [9.17, 15) is 17.6 Å². The number of hydrogen-bond acceptors (Lipinski definition) is 3. The molecular formula is C24H21FN2O3S. The van der Waals surface area contributed by atoms with E-state index in [0.29, 0.717) is 11.1 Å². The Kier molecular flexibility index (Phi) is 5.71. The van der Waals surface area contributed by atoms with Gasteiger partial charge >= 0.3 is 0 Å². The zero-order valence-electron chi connectivity index (χ0n) is 16.9. The summed E-state index contributed by atoms with van der Waals surface area (Å²) in [4.78, 5) is 15.8. The number of rotatable bonds is 6. The zero-order chi connectivity index (χ0) is 22.0. The second kappa shape index (κ2) is 8.45. The molecule has 0 fully saturated rings. The average molecular weight is 437 g/mol. The number of halogens is 1. The number of H-pyrrole nitrogens is 1. The van der Waals surface area contributed by atoms with Crippen LogP contribution in [0.15, 0.2) is 88.6 Å². The predicted molar refractivity (Wildman–Crippen MR) is 119 cm³/mol. The molecule has 0 bridgehead atoms. The molecule has 158 valence electrons. The lowest BCUT2D eigenvalue weighted by Gasteiger charge is -2.22. The molecule has 5 nitrogen and oxygen atoms in total. The molecule has 0 spiro atoms. The van der Waals surface area contributed by atoms with E-state index >= 15 is 0 Å². The zero-order valence-corrected chi connectivity index (χ0v) is 17.7. The van der Waals surface area contributed by atoms with Crippen molar-refractivity contribution in [2.24, 2.45) is 0 Å². The van der Waals surface area contributed by atoms with E-state index in [1.54, 1.807) is 24.3 Å². The molecule has 1 aromatic heterocycles. The normalized spacial score (nSPS) is 11.8. The highest BCUT2D eigenvalue weighted by Crippen LogP contribution is 2.22. The lowest BCUT2D eigenvalue weighted by molar-refractivity contribution is 0.399. The van der Waals surface area contributed by atoms with Crippen molar-refractivity contribution in [1.29, 1.82) is 0 Å². The van der Waals surface area contributed by atoms with Crippen molar-refractivity contribution < 1.29 is 12.8 Å². The number of hydrogen-bond donors (Lipinski definition) is 1. The third-order valence-electron chi connectivity index (χ3n) is 5.16. The molecule has 1 N–H and O–H groups in total. The van der Waals surface area contributed by atoms with Crippen LogP contribution in [0.25, 0.3) is 10.9 Å². The second-order valence-corrected chi connectivity index (χ2v) is 9.31. The number of fused-ring (bicyclic) bond motifs is 1. The molecule has 0 atom stereocenters. The first kappa shape index (κ1) is 21.0. The lowest BCUT2D eigenvalue weighted by atomic mass is 10.1. The van der Waals surface area contributed by atoms with Gasteiger partial charge in [0.1, 0.15) is 5.82 Å². The topological polar surface area (TPSA) is 70.2 Å². The van der Waals surface area contributed by atoms with E-state index in [0.717, 1.165) is 16.5 Å². The number of aromatic nitrogens is 1. The molecule has 3 aromatic carbocycles. The quantitative estimate of drug-likeness (QED) is 0.488. The summed E-state index contributed by atoms with van der Waals surface area (Å²) in [5.74, 6) is -0.400. The Balaban J connectivity index is 1.77. The highest BCUT2D eigenvalue weighted by atomic mass is 32.2. The van der Waals surface area contributed by atoms with Gasteiger partial charge in [-0.05, 0) is 53.8 Å². The van der Waals surface area contributed by atoms with Crippen LogP contribution in [0.5, 0.6) is 0 Å². The average Bonchev–Trinajstić information content (AvgIpc) is 2.76. The summed E-state index contributed by atoms with van der Waals surface area (Å²) in [6.45, 7) is 1.79. The molecule has 0 aliphatic rings. The van der Waals surface area contributed by atoms with Crippen molar-refractivity contribution >= 4 is 20.9 Å². The van der Waals surface area contributed by atoms with Gasteiger partial charge in [-0.1, -0.05) is 48.5 Å². The number of aromatic amines is 1. The van der Waals surface area contributed by atoms with Crippen LogP contribution in [0, 0.1) is 12.7 Å². The van der Waals surface area contributed by atoms with Crippen LogP contribution in [-0.2, 0) is 23.1 Å². The molecule has 4 rings (SSSR count). The number of para-hydroxylation sites is 1. The summed E-state index contributed by atoms with van der Waals surface area (Å²) in [5, 5.41) is 0.827. The number of benzene rings is 3. The van der Waals surface area contributed by atoms with E-state index in [-0.39, 0.29) is 23.5 Å². The number of nitrogens with one attached hydrogen (secondary N) is 1. The summed E-state index contributed by atoms with van der Waals surface area (Å²) in [5.41, 5.74) is 2.27. The summed E-state index contributed by atoms with van der Waals surface area (Å²) < 4.78 is 41.3. The first-order valence-corrected chi connectivity index (χ1v) is 11.2. The standard InChI is InChI=1S/C24H21FN2O3S/c1-17-6-5-7-19-14-20(24(28)26-23(17)19)16-27(15-18-10-12-21(25)13-11-18)31(29,30)22-8-3-2-4-9-22/h2-14H,15-16H2,1H3,(H,26,28). The van der Waals surface area contributed by atoms with Gasteiger partial charge in [0, 0.05) is 18.7 Å². The molecule has 1 heterocycles. The third-order valence-corrected chi connectivity index (χ3v) is 6.97. The summed E-state index contributed by atoms with van der Waals surface area (Å²) in [6, 6.07) is 21.1. The largest absolute Gasteiger partial charge is 0.321 e. The van der Waals surface area contributed by atoms with Crippen LogP contribution < -0.4 is 5.56 Å². The summed E-state index contributed by atoms with van der Waals surface area (Å²) in [7, 11) is -3.90. The van der Waals surface area contributed by atoms with E-state index in [2.05, 4.69) is 4.98 Å². The van der Waals surface area contributed by atoms with Gasteiger partial charge in [-0.3, -0.25) is 4.79 Å². The molecule has 0 radical (unpaired) electrons. The van der Waals surface area contributed by atoms with Crippen molar-refractivity contribution in [2.45, 2.75) is 24.9 Å². The van der Waals surface area contributed by atoms with Gasteiger partial charge in [-0.25, -0.2) is 12.8 Å². The van der Waals surface area contributed by atoms with E-state index < -0.39 is 15.8 Å². The predicted octanol–water partition coefficient (Wildman–Crippen LogP) is 4.37. The minimum Gasteiger partial charge on any atom is -0.321 e. The first-order chi connectivity index (χ1) is 14.8. The number of nitrogens with zero attached hydrogens (tertiary/aromatic N) is 1. The Labute approximate surface area is 179 Å². The van der Waals surface area contributed by atoms with Crippen LogP contribution in [0.3, 0.4) is 0 Å². The summed E-state index contributed by atoms with van der Waals surface area (Å²) >= 11 is 0. The van der Waals surface area contributed by atoms with Crippen molar-refractivity contribution in [1.82, 2.24) is 9.29 Å². The molecule has 31 heavy (non-hydrogen) atoms. The van der Waals surface area contributed by atoms with Gasteiger partial charge < -0.3 is 4.98 Å². The SMILES string of the molecule is Cc1cccc2cc(CN(Cc3ccc(F)cc3)S(=O)(=O)c3ccccc3)c(=O)[nH]c12. The van der Waals surface area contributed by atoms with Gasteiger partial charge in [-0.15, -0.1) is 0 Å². The maximum atomic E-state index is 13.4. The van der Waals surface area contributed by atoms with Gasteiger partial charge in [-0.2, -0.15) is 4.31 Å². The van der Waals surface area contributed by atoms with Crippen LogP contribution in [0.2, 0.25) is 0 Å². The molecule has 0 unspecified atom stereocenters. The van der Waals surface area contributed by atoms with Crippen molar-refractivity contribution in [3.8, 4) is 0 Å². The fourth-order valence-corrected chi connectivity index (χ4v) is 4.92. The number of sulfonamides is 1. The monoisotopic (exact) mass is 436 g/mol. The molecule has 0 saturated carbocycles. The highest BCUT2D eigenvalue weighted by molar-refractivity contribution is 7.89. The molecule has 0 aliphatic carbocycles. The molecule has 4 aromatic rings. The minimum absolute atomic E-state index is 0.00278. The Morgan fingerprint density at radius 1 is 0.903 bits per heavy atom. The Bertz CT molecular complexity index is 1380. The van der Waals surface area contributed by atoms with Gasteiger partial charge in [0.15, 0.2) is 0 Å². The maximum absolute atomic E-state index is 13.4. The number of pyridine rings is 1. The van der Waals surface area contributed by atoms with Crippen LogP contribution >= 0.6 is 0 Å². The molecular weight excluding hydrogens is 415 g/mol. The van der Waals surface area contributed by atoms with Gasteiger partial charge in [0.05, 0.1) is 10.4 Å². The Morgan fingerprint density at radius 2 is 1.61 bits per heavy atom. The fourth-order valence-electron chi connectivity index (χ4n) is 3.50. The number of aryl methyl sites for hydroxylation is 1. The van der Waals surface area contributed by atoms with Crippen LogP contribution in [0.4, 0.5) is 4.39 Å². The second-order valence-electron chi connectivity index (χ2n) is 7.38. The van der Waals surface area contributed by atoms with E-state index in [1.165, 1.54) is 40.7 Å². The van der Waals surface area contributed by atoms with Crippen molar-refractivity contribution in [2.75, 3.05) is 0 Å². The fraction of sp³-hybridized carbons (Fsp3) is 0.125. The minimum atomic E-state index is -3.90. The van der Waals surface area contributed by atoms with Crippen molar-refractivity contribution in [3.05, 3.63) is 112 Å². The molecule has 0 aliphatic heterocycles. The Morgan fingerprint density at radius 3 is 2.32 bits per heavy atom.